The number of nitrogens with one attached hydrogen (secondary N) is 1. The maximum Gasteiger partial charge on any atom is 0.232 e. The number of hydrogen-bond acceptors (Lipinski definition) is 3. The maximum atomic E-state index is 12.2. The Morgan fingerprint density at radius 2 is 1.77 bits per heavy atom. The molecule has 7 heteroatoms. The van der Waals surface area contributed by atoms with Gasteiger partial charge in [-0.2, -0.15) is 0 Å². The number of nitrogens with zero attached hydrogens (tertiary/aromatic N) is 1. The Labute approximate surface area is 160 Å². The van der Waals surface area contributed by atoms with Crippen LogP contribution >= 0.6 is 11.6 Å². The topological polar surface area (TPSA) is 66.5 Å². The Balaban J connectivity index is 2.02. The van der Waals surface area contributed by atoms with Crippen molar-refractivity contribution in [2.24, 2.45) is 0 Å². The summed E-state index contributed by atoms with van der Waals surface area (Å²) >= 11 is 5.83. The first-order valence-electron chi connectivity index (χ1n) is 8.23. The fourth-order valence-electron chi connectivity index (χ4n) is 2.57. The van der Waals surface area contributed by atoms with Gasteiger partial charge in [0.25, 0.3) is 0 Å². The van der Waals surface area contributed by atoms with E-state index in [9.17, 15) is 13.2 Å². The van der Waals surface area contributed by atoms with Gasteiger partial charge >= 0.3 is 0 Å². The van der Waals surface area contributed by atoms with E-state index >= 15 is 0 Å². The number of sulfonamides is 1. The van der Waals surface area contributed by atoms with Crippen molar-refractivity contribution in [2.45, 2.75) is 26.8 Å². The van der Waals surface area contributed by atoms with E-state index in [1.165, 1.54) is 4.31 Å². The van der Waals surface area contributed by atoms with Gasteiger partial charge in [0.1, 0.15) is 0 Å². The van der Waals surface area contributed by atoms with Crippen molar-refractivity contribution < 1.29 is 13.2 Å². The molecule has 0 aliphatic rings. The Bertz CT molecular complexity index is 880. The summed E-state index contributed by atoms with van der Waals surface area (Å²) in [6.45, 7) is 4.27. The van der Waals surface area contributed by atoms with Crippen LogP contribution in [0.3, 0.4) is 0 Å². The first-order chi connectivity index (χ1) is 12.2. The van der Waals surface area contributed by atoms with E-state index in [-0.39, 0.29) is 18.9 Å². The SMILES string of the molecule is Cc1cccc(N(CCC(=O)NCc2ccc(Cl)cc2)S(C)(=O)=O)c1C. The number of carbonyl (C=O) groups excluding carboxylic acids is 1. The minimum Gasteiger partial charge on any atom is -0.352 e. The fraction of sp³-hybridized carbons (Fsp3) is 0.316. The predicted molar refractivity (Wildman–Crippen MR) is 106 cm³/mol. The zero-order chi connectivity index (χ0) is 19.3. The molecule has 0 saturated heterocycles. The van der Waals surface area contributed by atoms with Crippen molar-refractivity contribution in [2.75, 3.05) is 17.1 Å². The van der Waals surface area contributed by atoms with Crippen LogP contribution in [0.15, 0.2) is 42.5 Å². The Kier molecular flexibility index (Phi) is 6.67. The summed E-state index contributed by atoms with van der Waals surface area (Å²) in [6.07, 6.45) is 1.23. The van der Waals surface area contributed by atoms with E-state index in [4.69, 9.17) is 11.6 Å². The molecule has 0 aromatic heterocycles. The van der Waals surface area contributed by atoms with Crippen LogP contribution in [-0.2, 0) is 21.4 Å². The Morgan fingerprint density at radius 3 is 2.38 bits per heavy atom. The summed E-state index contributed by atoms with van der Waals surface area (Å²) in [5.41, 5.74) is 3.43. The highest BCUT2D eigenvalue weighted by molar-refractivity contribution is 7.92. The van der Waals surface area contributed by atoms with E-state index in [1.54, 1.807) is 18.2 Å². The van der Waals surface area contributed by atoms with Crippen molar-refractivity contribution in [3.05, 3.63) is 64.2 Å². The second-order valence-electron chi connectivity index (χ2n) is 6.21. The third-order valence-electron chi connectivity index (χ3n) is 4.19. The lowest BCUT2D eigenvalue weighted by atomic mass is 10.1. The summed E-state index contributed by atoms with van der Waals surface area (Å²) < 4.78 is 25.7. The number of rotatable bonds is 7. The summed E-state index contributed by atoms with van der Waals surface area (Å²) in [6, 6.07) is 12.7. The molecule has 0 spiro atoms. The van der Waals surface area contributed by atoms with Gasteiger partial charge in [-0.05, 0) is 48.7 Å². The number of halogens is 1. The summed E-state index contributed by atoms with van der Waals surface area (Å²) in [5, 5.41) is 3.44. The van der Waals surface area contributed by atoms with E-state index in [0.717, 1.165) is 22.9 Å². The molecule has 0 fully saturated rings. The number of carbonyl (C=O) groups is 1. The minimum absolute atomic E-state index is 0.0774. The standard InChI is InChI=1S/C19H23ClN2O3S/c1-14-5-4-6-18(15(14)2)22(26(3,24)25)12-11-19(23)21-13-16-7-9-17(20)10-8-16/h4-10H,11-13H2,1-3H3,(H,21,23). The lowest BCUT2D eigenvalue weighted by molar-refractivity contribution is -0.121. The molecule has 0 unspecified atom stereocenters. The van der Waals surface area contributed by atoms with E-state index in [1.807, 2.05) is 38.1 Å². The predicted octanol–water partition coefficient (Wildman–Crippen LogP) is 3.43. The van der Waals surface area contributed by atoms with Gasteiger partial charge in [0.15, 0.2) is 0 Å². The van der Waals surface area contributed by atoms with Crippen molar-refractivity contribution in [3.63, 3.8) is 0 Å². The molecule has 2 aromatic rings. The van der Waals surface area contributed by atoms with Crippen LogP contribution in [0, 0.1) is 13.8 Å². The molecule has 0 atom stereocenters. The molecule has 2 aromatic carbocycles. The fourth-order valence-corrected chi connectivity index (χ4v) is 3.67. The van der Waals surface area contributed by atoms with Gasteiger partial charge in [-0.3, -0.25) is 9.10 Å². The zero-order valence-electron chi connectivity index (χ0n) is 15.1. The highest BCUT2D eigenvalue weighted by Gasteiger charge is 2.20. The molecule has 0 aliphatic carbocycles. The number of anilines is 1. The highest BCUT2D eigenvalue weighted by Crippen LogP contribution is 2.25. The Morgan fingerprint density at radius 1 is 1.12 bits per heavy atom. The van der Waals surface area contributed by atoms with Crippen LogP contribution < -0.4 is 9.62 Å². The van der Waals surface area contributed by atoms with Gasteiger partial charge in [0, 0.05) is 24.5 Å². The van der Waals surface area contributed by atoms with E-state index < -0.39 is 10.0 Å². The van der Waals surface area contributed by atoms with Crippen LogP contribution in [0.4, 0.5) is 5.69 Å². The number of hydrogen-bond donors (Lipinski definition) is 1. The second kappa shape index (κ2) is 8.56. The van der Waals surface area contributed by atoms with E-state index in [2.05, 4.69) is 5.32 Å². The van der Waals surface area contributed by atoms with Crippen LogP contribution in [0.5, 0.6) is 0 Å². The molecule has 0 bridgehead atoms. The van der Waals surface area contributed by atoms with Crippen molar-refractivity contribution >= 4 is 33.2 Å². The second-order valence-corrected chi connectivity index (χ2v) is 8.55. The lowest BCUT2D eigenvalue weighted by Gasteiger charge is -2.24. The number of benzene rings is 2. The molecule has 0 saturated carbocycles. The molecule has 2 rings (SSSR count). The van der Waals surface area contributed by atoms with Gasteiger partial charge in [0.2, 0.25) is 15.9 Å². The van der Waals surface area contributed by atoms with Gasteiger partial charge in [-0.15, -0.1) is 0 Å². The van der Waals surface area contributed by atoms with Crippen molar-refractivity contribution in [1.82, 2.24) is 5.32 Å². The maximum absolute atomic E-state index is 12.2. The third kappa shape index (κ3) is 5.47. The van der Waals surface area contributed by atoms with Crippen LogP contribution in [0.2, 0.25) is 5.02 Å². The molecular formula is C19H23ClN2O3S. The average molecular weight is 395 g/mol. The van der Waals surface area contributed by atoms with Gasteiger partial charge in [-0.25, -0.2) is 8.42 Å². The first-order valence-corrected chi connectivity index (χ1v) is 10.5. The molecule has 0 heterocycles. The van der Waals surface area contributed by atoms with E-state index in [0.29, 0.717) is 17.3 Å². The monoisotopic (exact) mass is 394 g/mol. The number of amides is 1. The van der Waals surface area contributed by atoms with Crippen LogP contribution in [0.25, 0.3) is 0 Å². The van der Waals surface area contributed by atoms with Gasteiger partial charge in [-0.1, -0.05) is 35.9 Å². The van der Waals surface area contributed by atoms with Crippen molar-refractivity contribution in [3.8, 4) is 0 Å². The van der Waals surface area contributed by atoms with Crippen LogP contribution in [-0.4, -0.2) is 27.1 Å². The largest absolute Gasteiger partial charge is 0.352 e. The molecule has 1 N–H and O–H groups in total. The average Bonchev–Trinajstić information content (AvgIpc) is 2.57. The molecule has 140 valence electrons. The third-order valence-corrected chi connectivity index (χ3v) is 5.62. The van der Waals surface area contributed by atoms with Crippen molar-refractivity contribution in [1.29, 1.82) is 0 Å². The normalized spacial score (nSPS) is 11.2. The molecule has 26 heavy (non-hydrogen) atoms. The highest BCUT2D eigenvalue weighted by atomic mass is 35.5. The molecule has 1 amide bonds. The molecule has 0 radical (unpaired) electrons. The lowest BCUT2D eigenvalue weighted by Crippen LogP contribution is -2.35. The Hall–Kier alpha value is -2.05. The zero-order valence-corrected chi connectivity index (χ0v) is 16.7. The first kappa shape index (κ1) is 20.3. The van der Waals surface area contributed by atoms with Gasteiger partial charge in [0.05, 0.1) is 11.9 Å². The van der Waals surface area contributed by atoms with Crippen LogP contribution in [0.1, 0.15) is 23.1 Å². The quantitative estimate of drug-likeness (QED) is 0.782. The molecule has 5 nitrogen and oxygen atoms in total. The minimum atomic E-state index is -3.49. The molecule has 0 aliphatic heterocycles. The summed E-state index contributed by atoms with van der Waals surface area (Å²) in [7, 11) is -3.49. The molecular weight excluding hydrogens is 372 g/mol. The summed E-state index contributed by atoms with van der Waals surface area (Å²) in [5.74, 6) is -0.209. The number of aryl methyl sites for hydroxylation is 1. The van der Waals surface area contributed by atoms with Gasteiger partial charge < -0.3 is 5.32 Å². The smallest absolute Gasteiger partial charge is 0.232 e. The summed E-state index contributed by atoms with van der Waals surface area (Å²) in [4.78, 5) is 12.1.